The van der Waals surface area contributed by atoms with Crippen LogP contribution < -0.4 is 14.2 Å². The second kappa shape index (κ2) is 5.99. The summed E-state index contributed by atoms with van der Waals surface area (Å²) in [6, 6.07) is 18.6. The Morgan fingerprint density at radius 1 is 0.963 bits per heavy atom. The molecule has 132 valence electrons. The highest BCUT2D eigenvalue weighted by molar-refractivity contribution is 6.16. The molecule has 0 saturated heterocycles. The van der Waals surface area contributed by atoms with Crippen LogP contribution in [0.15, 0.2) is 60.7 Å². The van der Waals surface area contributed by atoms with Crippen molar-refractivity contribution in [3.63, 3.8) is 0 Å². The average Bonchev–Trinajstić information content (AvgIpc) is 3.21. The van der Waals surface area contributed by atoms with Gasteiger partial charge in [0, 0.05) is 21.9 Å². The average molecular weight is 357 g/mol. The fourth-order valence-electron chi connectivity index (χ4n) is 3.37. The van der Waals surface area contributed by atoms with Crippen LogP contribution in [-0.4, -0.2) is 24.7 Å². The van der Waals surface area contributed by atoms with Gasteiger partial charge in [-0.05, 0) is 48.5 Å². The zero-order chi connectivity index (χ0) is 18.4. The van der Waals surface area contributed by atoms with E-state index in [1.165, 1.54) is 0 Å². The van der Waals surface area contributed by atoms with Crippen molar-refractivity contribution in [1.82, 2.24) is 4.98 Å². The van der Waals surface area contributed by atoms with Gasteiger partial charge < -0.3 is 14.2 Å². The maximum absolute atomic E-state index is 13.1. The Bertz CT molecular complexity index is 1200. The van der Waals surface area contributed by atoms with Crippen molar-refractivity contribution in [2.45, 2.75) is 0 Å². The van der Waals surface area contributed by atoms with Crippen LogP contribution in [0.2, 0.25) is 0 Å². The van der Waals surface area contributed by atoms with Gasteiger partial charge in [0.2, 0.25) is 6.79 Å². The molecule has 0 saturated carbocycles. The zero-order valence-corrected chi connectivity index (χ0v) is 14.6. The highest BCUT2D eigenvalue weighted by Crippen LogP contribution is 2.39. The lowest BCUT2D eigenvalue weighted by atomic mass is 9.99. The van der Waals surface area contributed by atoms with Gasteiger partial charge in [-0.25, -0.2) is 4.98 Å². The van der Waals surface area contributed by atoms with Gasteiger partial charge in [0.1, 0.15) is 11.3 Å². The molecule has 3 aromatic carbocycles. The molecule has 0 amide bonds. The number of methoxy groups -OCH3 is 1. The molecule has 0 spiro atoms. The van der Waals surface area contributed by atoms with Crippen molar-refractivity contribution in [1.29, 1.82) is 0 Å². The highest BCUT2D eigenvalue weighted by Gasteiger charge is 2.20. The van der Waals surface area contributed by atoms with E-state index in [2.05, 4.69) is 0 Å². The lowest BCUT2D eigenvalue weighted by molar-refractivity contribution is 0.104. The summed E-state index contributed by atoms with van der Waals surface area (Å²) in [4.78, 5) is 17.9. The van der Waals surface area contributed by atoms with Gasteiger partial charge in [-0.1, -0.05) is 12.1 Å². The molecular formula is C22H15NO4. The van der Waals surface area contributed by atoms with Crippen LogP contribution in [-0.2, 0) is 0 Å². The first kappa shape index (κ1) is 15.6. The molecule has 0 bridgehead atoms. The van der Waals surface area contributed by atoms with E-state index in [1.807, 2.05) is 30.3 Å². The zero-order valence-electron chi connectivity index (χ0n) is 14.6. The summed E-state index contributed by atoms with van der Waals surface area (Å²) in [6.45, 7) is 0.181. The molecule has 0 N–H and O–H groups in total. The van der Waals surface area contributed by atoms with E-state index in [9.17, 15) is 4.79 Å². The number of hydrogen-bond acceptors (Lipinski definition) is 5. The number of carbonyl (C=O) groups excluding carboxylic acids is 1. The smallest absolute Gasteiger partial charge is 0.231 e. The van der Waals surface area contributed by atoms with Gasteiger partial charge in [0.25, 0.3) is 0 Å². The van der Waals surface area contributed by atoms with Crippen molar-refractivity contribution in [3.05, 3.63) is 71.8 Å². The van der Waals surface area contributed by atoms with Crippen LogP contribution >= 0.6 is 0 Å². The Kier molecular flexibility index (Phi) is 3.47. The van der Waals surface area contributed by atoms with Crippen molar-refractivity contribution in [2.24, 2.45) is 0 Å². The molecule has 0 radical (unpaired) electrons. The Hall–Kier alpha value is -3.60. The lowest BCUT2D eigenvalue weighted by Gasteiger charge is -2.09. The van der Waals surface area contributed by atoms with Crippen LogP contribution in [0, 0.1) is 0 Å². The Labute approximate surface area is 155 Å². The fourth-order valence-corrected chi connectivity index (χ4v) is 3.37. The van der Waals surface area contributed by atoms with E-state index in [0.29, 0.717) is 39.4 Å². The minimum Gasteiger partial charge on any atom is -0.497 e. The molecule has 0 aliphatic carbocycles. The molecule has 1 aliphatic rings. The molecule has 1 aliphatic heterocycles. The van der Waals surface area contributed by atoms with E-state index >= 15 is 0 Å². The number of nitrogens with zero attached hydrogens (tertiary/aromatic N) is 1. The first-order valence-electron chi connectivity index (χ1n) is 8.55. The summed E-state index contributed by atoms with van der Waals surface area (Å²) in [5, 5.41) is 1.85. The SMILES string of the molecule is COc1ccc(C(=O)c2cccc3cc4ccc5c(c4nc23)OCO5)cc1. The number of carbonyl (C=O) groups is 1. The van der Waals surface area contributed by atoms with Gasteiger partial charge >= 0.3 is 0 Å². The maximum atomic E-state index is 13.1. The molecule has 2 heterocycles. The Morgan fingerprint density at radius 3 is 2.59 bits per heavy atom. The Morgan fingerprint density at radius 2 is 1.78 bits per heavy atom. The second-order valence-electron chi connectivity index (χ2n) is 6.29. The number of ketones is 1. The summed E-state index contributed by atoms with van der Waals surface area (Å²) in [6.07, 6.45) is 0. The number of hydrogen-bond donors (Lipinski definition) is 0. The number of para-hydroxylation sites is 1. The molecule has 1 aromatic heterocycles. The normalized spacial score (nSPS) is 12.5. The number of rotatable bonds is 3. The van der Waals surface area contributed by atoms with E-state index in [1.54, 1.807) is 37.4 Å². The van der Waals surface area contributed by atoms with Gasteiger partial charge in [0.15, 0.2) is 17.3 Å². The predicted octanol–water partition coefficient (Wildman–Crippen LogP) is 4.36. The molecule has 0 fully saturated rings. The third-order valence-electron chi connectivity index (χ3n) is 4.74. The van der Waals surface area contributed by atoms with Crippen molar-refractivity contribution < 1.29 is 19.0 Å². The van der Waals surface area contributed by atoms with E-state index < -0.39 is 0 Å². The minimum absolute atomic E-state index is 0.0835. The van der Waals surface area contributed by atoms with Gasteiger partial charge in [0.05, 0.1) is 12.6 Å². The van der Waals surface area contributed by atoms with Crippen LogP contribution in [0.1, 0.15) is 15.9 Å². The quantitative estimate of drug-likeness (QED) is 0.403. The Balaban J connectivity index is 1.70. The van der Waals surface area contributed by atoms with Crippen molar-refractivity contribution in [2.75, 3.05) is 13.9 Å². The van der Waals surface area contributed by atoms with Crippen molar-refractivity contribution in [3.8, 4) is 17.2 Å². The summed E-state index contributed by atoms with van der Waals surface area (Å²) >= 11 is 0. The molecule has 5 nitrogen and oxygen atoms in total. The molecule has 5 heteroatoms. The monoisotopic (exact) mass is 357 g/mol. The lowest BCUT2D eigenvalue weighted by Crippen LogP contribution is -2.03. The molecule has 0 unspecified atom stereocenters. The fraction of sp³-hybridized carbons (Fsp3) is 0.0909. The number of fused-ring (bicyclic) bond motifs is 4. The number of aromatic nitrogens is 1. The molecule has 5 rings (SSSR count). The topological polar surface area (TPSA) is 57.7 Å². The first-order chi connectivity index (χ1) is 13.2. The largest absolute Gasteiger partial charge is 0.497 e. The standard InChI is InChI=1S/C22H15NO4/c1-25-16-8-5-13(6-9-16)21(24)17-4-2-3-14-11-15-7-10-18-22(27-12-26-18)20(15)23-19(14)17/h2-11H,12H2,1H3. The van der Waals surface area contributed by atoms with E-state index in [0.717, 1.165) is 10.8 Å². The summed E-state index contributed by atoms with van der Waals surface area (Å²) in [7, 11) is 1.60. The van der Waals surface area contributed by atoms with E-state index in [4.69, 9.17) is 19.2 Å². The summed E-state index contributed by atoms with van der Waals surface area (Å²) in [5.41, 5.74) is 2.49. The van der Waals surface area contributed by atoms with Crippen LogP contribution in [0.3, 0.4) is 0 Å². The number of pyridine rings is 1. The van der Waals surface area contributed by atoms with Gasteiger partial charge in [-0.3, -0.25) is 4.79 Å². The molecular weight excluding hydrogens is 342 g/mol. The first-order valence-corrected chi connectivity index (χ1v) is 8.55. The van der Waals surface area contributed by atoms with Crippen LogP contribution in [0.4, 0.5) is 0 Å². The van der Waals surface area contributed by atoms with Crippen LogP contribution in [0.25, 0.3) is 21.8 Å². The third kappa shape index (κ3) is 2.47. The minimum atomic E-state index is -0.0835. The molecule has 0 atom stereocenters. The maximum Gasteiger partial charge on any atom is 0.231 e. The number of benzene rings is 3. The highest BCUT2D eigenvalue weighted by atomic mass is 16.7. The predicted molar refractivity (Wildman–Crippen MR) is 102 cm³/mol. The van der Waals surface area contributed by atoms with Gasteiger partial charge in [-0.2, -0.15) is 0 Å². The second-order valence-corrected chi connectivity index (χ2v) is 6.29. The van der Waals surface area contributed by atoms with Gasteiger partial charge in [-0.15, -0.1) is 0 Å². The number of ether oxygens (including phenoxy) is 3. The molecule has 4 aromatic rings. The molecule has 27 heavy (non-hydrogen) atoms. The summed E-state index contributed by atoms with van der Waals surface area (Å²) in [5.74, 6) is 1.93. The van der Waals surface area contributed by atoms with Crippen LogP contribution in [0.5, 0.6) is 17.2 Å². The van der Waals surface area contributed by atoms with E-state index in [-0.39, 0.29) is 12.6 Å². The third-order valence-corrected chi connectivity index (χ3v) is 4.74. The summed E-state index contributed by atoms with van der Waals surface area (Å²) < 4.78 is 16.2. The van der Waals surface area contributed by atoms with Crippen molar-refractivity contribution >= 4 is 27.6 Å².